The van der Waals surface area contributed by atoms with Gasteiger partial charge >= 0.3 is 0 Å². The largest absolute Gasteiger partial charge is 0.489 e. The Morgan fingerprint density at radius 3 is 2.69 bits per heavy atom. The Kier molecular flexibility index (Phi) is 5.18. The minimum absolute atomic E-state index is 0.0769. The Balaban J connectivity index is 1.94. The van der Waals surface area contributed by atoms with Gasteiger partial charge in [0.1, 0.15) is 6.61 Å². The summed E-state index contributed by atoms with van der Waals surface area (Å²) in [6, 6.07) is 9.14. The van der Waals surface area contributed by atoms with Crippen molar-refractivity contribution in [2.24, 2.45) is 0 Å². The van der Waals surface area contributed by atoms with Gasteiger partial charge in [-0.15, -0.1) is 0 Å². The highest BCUT2D eigenvalue weighted by Gasteiger charge is 2.25. The van der Waals surface area contributed by atoms with Crippen LogP contribution in [0.3, 0.4) is 0 Å². The third-order valence-corrected chi connectivity index (χ3v) is 4.97. The third kappa shape index (κ3) is 3.53. The lowest BCUT2D eigenvalue weighted by Crippen LogP contribution is -2.33. The maximum atomic E-state index is 12.4. The van der Waals surface area contributed by atoms with Crippen molar-refractivity contribution in [3.63, 3.8) is 0 Å². The number of benzene rings is 2. The number of hydrogen-bond donors (Lipinski definition) is 2. The summed E-state index contributed by atoms with van der Waals surface area (Å²) in [6.07, 6.45) is 0.607. The Morgan fingerprint density at radius 1 is 1.35 bits per heavy atom. The quantitative estimate of drug-likeness (QED) is 0.869. The monoisotopic (exact) mass is 372 g/mol. The van der Waals surface area contributed by atoms with Crippen LogP contribution in [0, 0.1) is 6.92 Å². The zero-order valence-corrected chi connectivity index (χ0v) is 15.7. The highest BCUT2D eigenvalue weighted by molar-refractivity contribution is 6.33. The number of nitrogens with one attached hydrogen (secondary N) is 2. The van der Waals surface area contributed by atoms with Gasteiger partial charge in [0.2, 0.25) is 0 Å². The highest BCUT2D eigenvalue weighted by atomic mass is 35.5. The van der Waals surface area contributed by atoms with Gasteiger partial charge in [-0.3, -0.25) is 9.59 Å². The molecule has 0 radical (unpaired) electrons. The SMILES string of the molecule is CNC(=O)c1ccc(Cc2cc3c(c(Cl)c2C)OC[C@H](C)NC3=O)cc1. The lowest BCUT2D eigenvalue weighted by molar-refractivity contribution is 0.0939. The molecule has 0 unspecified atom stereocenters. The van der Waals surface area contributed by atoms with Crippen molar-refractivity contribution in [1.29, 1.82) is 0 Å². The molecule has 5 nitrogen and oxygen atoms in total. The molecule has 0 bridgehead atoms. The second kappa shape index (κ2) is 7.38. The van der Waals surface area contributed by atoms with E-state index in [1.807, 2.05) is 32.0 Å². The summed E-state index contributed by atoms with van der Waals surface area (Å²) in [5.41, 5.74) is 3.94. The molecule has 6 heteroatoms. The Bertz CT molecular complexity index is 862. The molecule has 0 aromatic heterocycles. The number of amides is 2. The van der Waals surface area contributed by atoms with Crippen LogP contribution >= 0.6 is 11.6 Å². The molecule has 1 heterocycles. The van der Waals surface area contributed by atoms with Crippen molar-refractivity contribution in [3.05, 3.63) is 63.2 Å². The molecular formula is C20H21ClN2O3. The van der Waals surface area contributed by atoms with Crippen LogP contribution in [0.4, 0.5) is 0 Å². The molecule has 136 valence electrons. The van der Waals surface area contributed by atoms with Gasteiger partial charge < -0.3 is 15.4 Å². The Labute approximate surface area is 157 Å². The number of fused-ring (bicyclic) bond motifs is 1. The summed E-state index contributed by atoms with van der Waals surface area (Å²) >= 11 is 6.50. The smallest absolute Gasteiger partial charge is 0.255 e. The fourth-order valence-corrected chi connectivity index (χ4v) is 3.24. The van der Waals surface area contributed by atoms with Crippen LogP contribution in [-0.2, 0) is 6.42 Å². The zero-order valence-electron chi connectivity index (χ0n) is 15.0. The van der Waals surface area contributed by atoms with Gasteiger partial charge in [-0.25, -0.2) is 0 Å². The molecule has 2 N–H and O–H groups in total. The van der Waals surface area contributed by atoms with Gasteiger partial charge in [0.25, 0.3) is 11.8 Å². The summed E-state index contributed by atoms with van der Waals surface area (Å²) < 4.78 is 5.74. The molecule has 26 heavy (non-hydrogen) atoms. The molecule has 0 saturated heterocycles. The molecule has 1 atom stereocenters. The van der Waals surface area contributed by atoms with Gasteiger partial charge in [0.15, 0.2) is 5.75 Å². The first kappa shape index (κ1) is 18.3. The van der Waals surface area contributed by atoms with E-state index >= 15 is 0 Å². The molecule has 2 aromatic carbocycles. The van der Waals surface area contributed by atoms with Gasteiger partial charge in [0, 0.05) is 12.6 Å². The van der Waals surface area contributed by atoms with Crippen molar-refractivity contribution in [2.45, 2.75) is 26.3 Å². The van der Waals surface area contributed by atoms with E-state index in [9.17, 15) is 9.59 Å². The number of ether oxygens (including phenoxy) is 1. The number of halogens is 1. The maximum absolute atomic E-state index is 12.4. The lowest BCUT2D eigenvalue weighted by atomic mass is 9.96. The van der Waals surface area contributed by atoms with Gasteiger partial charge in [-0.05, 0) is 55.2 Å². The molecule has 2 amide bonds. The summed E-state index contributed by atoms with van der Waals surface area (Å²) in [6.45, 7) is 4.20. The minimum Gasteiger partial charge on any atom is -0.489 e. The first-order chi connectivity index (χ1) is 12.4. The van der Waals surface area contributed by atoms with Crippen LogP contribution in [-0.4, -0.2) is 31.5 Å². The van der Waals surface area contributed by atoms with Crippen LogP contribution in [0.15, 0.2) is 30.3 Å². The summed E-state index contributed by atoms with van der Waals surface area (Å²) in [5.74, 6) is 0.150. The molecule has 0 aliphatic carbocycles. The zero-order chi connectivity index (χ0) is 18.8. The summed E-state index contributed by atoms with van der Waals surface area (Å²) in [7, 11) is 1.60. The third-order valence-electron chi connectivity index (χ3n) is 4.51. The molecule has 1 aliphatic heterocycles. The van der Waals surface area contributed by atoms with E-state index in [1.54, 1.807) is 19.2 Å². The predicted octanol–water partition coefficient (Wildman–Crippen LogP) is 3.11. The van der Waals surface area contributed by atoms with Crippen LogP contribution in [0.5, 0.6) is 5.75 Å². The van der Waals surface area contributed by atoms with Crippen molar-refractivity contribution in [1.82, 2.24) is 10.6 Å². The molecule has 0 fully saturated rings. The van der Waals surface area contributed by atoms with Crippen molar-refractivity contribution in [3.8, 4) is 5.75 Å². The minimum atomic E-state index is -0.178. The van der Waals surface area contributed by atoms with Crippen molar-refractivity contribution < 1.29 is 14.3 Å². The number of hydrogen-bond acceptors (Lipinski definition) is 3. The van der Waals surface area contributed by atoms with Gasteiger partial charge in [-0.1, -0.05) is 23.7 Å². The van der Waals surface area contributed by atoms with Crippen LogP contribution < -0.4 is 15.4 Å². The van der Waals surface area contributed by atoms with Crippen LogP contribution in [0.25, 0.3) is 0 Å². The Hall–Kier alpha value is -2.53. The average molecular weight is 373 g/mol. The van der Waals surface area contributed by atoms with Crippen LogP contribution in [0.1, 0.15) is 44.3 Å². The second-order valence-corrected chi connectivity index (χ2v) is 6.87. The predicted molar refractivity (Wildman–Crippen MR) is 101 cm³/mol. The average Bonchev–Trinajstić information content (AvgIpc) is 2.77. The van der Waals surface area contributed by atoms with Crippen LogP contribution in [0.2, 0.25) is 5.02 Å². The van der Waals surface area contributed by atoms with E-state index in [4.69, 9.17) is 16.3 Å². The molecular weight excluding hydrogens is 352 g/mol. The maximum Gasteiger partial charge on any atom is 0.255 e. The number of carbonyl (C=O) groups excluding carboxylic acids is 2. The normalized spacial score (nSPS) is 16.2. The fourth-order valence-electron chi connectivity index (χ4n) is 2.96. The first-order valence-electron chi connectivity index (χ1n) is 8.47. The van der Waals surface area contributed by atoms with Gasteiger partial charge in [-0.2, -0.15) is 0 Å². The van der Waals surface area contributed by atoms with E-state index < -0.39 is 0 Å². The molecule has 0 spiro atoms. The molecule has 0 saturated carbocycles. The van der Waals surface area contributed by atoms with Crippen molar-refractivity contribution >= 4 is 23.4 Å². The number of carbonyl (C=O) groups is 2. The van der Waals surface area contributed by atoms with E-state index in [-0.39, 0.29) is 17.9 Å². The van der Waals surface area contributed by atoms with Gasteiger partial charge in [0.05, 0.1) is 16.6 Å². The van der Waals surface area contributed by atoms with Crippen molar-refractivity contribution in [2.75, 3.05) is 13.7 Å². The Morgan fingerprint density at radius 2 is 2.04 bits per heavy atom. The van der Waals surface area contributed by atoms with E-state index in [1.165, 1.54) is 0 Å². The fraction of sp³-hybridized carbons (Fsp3) is 0.300. The van der Waals surface area contributed by atoms with E-state index in [2.05, 4.69) is 10.6 Å². The highest BCUT2D eigenvalue weighted by Crippen LogP contribution is 2.36. The topological polar surface area (TPSA) is 67.4 Å². The van der Waals surface area contributed by atoms with E-state index in [0.29, 0.717) is 34.9 Å². The number of rotatable bonds is 3. The molecule has 2 aromatic rings. The molecule has 1 aliphatic rings. The summed E-state index contributed by atoms with van der Waals surface area (Å²) in [4.78, 5) is 24.1. The first-order valence-corrected chi connectivity index (χ1v) is 8.85. The standard InChI is InChI=1S/C20H21ClN2O3/c1-11-10-26-18-16(20(25)23-11)9-15(12(2)17(18)21)8-13-4-6-14(7-5-13)19(24)22-3/h4-7,9,11H,8,10H2,1-3H3,(H,22,24)(H,23,25)/t11-/m0/s1. The molecule has 3 rings (SSSR count). The van der Waals surface area contributed by atoms with E-state index in [0.717, 1.165) is 16.7 Å². The lowest BCUT2D eigenvalue weighted by Gasteiger charge is -2.15. The summed E-state index contributed by atoms with van der Waals surface area (Å²) in [5, 5.41) is 5.97. The second-order valence-electron chi connectivity index (χ2n) is 6.49.